The van der Waals surface area contributed by atoms with Crippen molar-refractivity contribution in [2.75, 3.05) is 13.1 Å². The van der Waals surface area contributed by atoms with Crippen molar-refractivity contribution < 1.29 is 9.59 Å². The minimum atomic E-state index is -0.0152. The van der Waals surface area contributed by atoms with E-state index in [2.05, 4.69) is 10.6 Å². The first-order valence-corrected chi connectivity index (χ1v) is 8.19. The summed E-state index contributed by atoms with van der Waals surface area (Å²) in [4.78, 5) is 22.3. The van der Waals surface area contributed by atoms with Crippen molar-refractivity contribution in [3.63, 3.8) is 0 Å². The molecule has 0 fully saturated rings. The standard InChI is InChI=1S/C16H22Cl2N2O2/c1-12(21)19-9-4-2-3-5-16(22)20-10-8-13-6-7-14(17)11-15(13)18/h6-7,11H,2-5,8-10H2,1H3,(H,19,21)(H,20,22). The number of carbonyl (C=O) groups excluding carboxylic acids is 2. The van der Waals surface area contributed by atoms with Crippen LogP contribution in [0.15, 0.2) is 18.2 Å². The smallest absolute Gasteiger partial charge is 0.220 e. The molecule has 1 aromatic rings. The van der Waals surface area contributed by atoms with Gasteiger partial charge in [0, 0.05) is 36.5 Å². The van der Waals surface area contributed by atoms with Crippen molar-refractivity contribution in [1.82, 2.24) is 10.6 Å². The number of hydrogen-bond acceptors (Lipinski definition) is 2. The van der Waals surface area contributed by atoms with E-state index in [0.29, 0.717) is 36.0 Å². The van der Waals surface area contributed by atoms with E-state index in [4.69, 9.17) is 23.2 Å². The third kappa shape index (κ3) is 8.25. The van der Waals surface area contributed by atoms with Crippen molar-refractivity contribution >= 4 is 35.0 Å². The maximum absolute atomic E-state index is 11.7. The maximum Gasteiger partial charge on any atom is 0.220 e. The fourth-order valence-electron chi connectivity index (χ4n) is 2.00. The van der Waals surface area contributed by atoms with Crippen LogP contribution in [0, 0.1) is 0 Å². The molecule has 1 aromatic carbocycles. The Bertz CT molecular complexity index is 507. The molecule has 0 spiro atoms. The number of hydrogen-bond donors (Lipinski definition) is 2. The van der Waals surface area contributed by atoms with Gasteiger partial charge in [0.25, 0.3) is 0 Å². The van der Waals surface area contributed by atoms with E-state index in [9.17, 15) is 9.59 Å². The highest BCUT2D eigenvalue weighted by Crippen LogP contribution is 2.21. The van der Waals surface area contributed by atoms with Crippen molar-refractivity contribution in [3.8, 4) is 0 Å². The predicted octanol–water partition coefficient (Wildman–Crippen LogP) is 3.35. The van der Waals surface area contributed by atoms with Crippen LogP contribution in [0.1, 0.15) is 38.2 Å². The Morgan fingerprint density at radius 3 is 2.50 bits per heavy atom. The first-order valence-electron chi connectivity index (χ1n) is 7.44. The summed E-state index contributed by atoms with van der Waals surface area (Å²) < 4.78 is 0. The van der Waals surface area contributed by atoms with Crippen LogP contribution < -0.4 is 10.6 Å². The molecule has 2 amide bonds. The molecule has 4 nitrogen and oxygen atoms in total. The lowest BCUT2D eigenvalue weighted by Crippen LogP contribution is -2.25. The summed E-state index contributed by atoms with van der Waals surface area (Å²) in [7, 11) is 0. The van der Waals surface area contributed by atoms with Crippen LogP contribution in [0.5, 0.6) is 0 Å². The summed E-state index contributed by atoms with van der Waals surface area (Å²) in [5, 5.41) is 6.85. The van der Waals surface area contributed by atoms with E-state index in [1.165, 1.54) is 6.92 Å². The van der Waals surface area contributed by atoms with Gasteiger partial charge < -0.3 is 10.6 Å². The molecule has 0 heterocycles. The van der Waals surface area contributed by atoms with Gasteiger partial charge in [-0.2, -0.15) is 0 Å². The molecule has 0 aliphatic rings. The Balaban J connectivity index is 2.09. The van der Waals surface area contributed by atoms with E-state index >= 15 is 0 Å². The largest absolute Gasteiger partial charge is 0.356 e. The molecule has 2 N–H and O–H groups in total. The Hall–Kier alpha value is -1.26. The van der Waals surface area contributed by atoms with E-state index in [-0.39, 0.29) is 11.8 Å². The van der Waals surface area contributed by atoms with E-state index in [1.54, 1.807) is 12.1 Å². The molecule has 22 heavy (non-hydrogen) atoms. The number of amides is 2. The Labute approximate surface area is 141 Å². The van der Waals surface area contributed by atoms with E-state index < -0.39 is 0 Å². The van der Waals surface area contributed by atoms with Crippen LogP contribution in [0.4, 0.5) is 0 Å². The second kappa shape index (κ2) is 10.5. The topological polar surface area (TPSA) is 58.2 Å². The van der Waals surface area contributed by atoms with Gasteiger partial charge in [0.15, 0.2) is 0 Å². The molecule has 0 aromatic heterocycles. The second-order valence-electron chi connectivity index (χ2n) is 5.13. The molecule has 0 aliphatic heterocycles. The molecule has 0 saturated heterocycles. The van der Waals surface area contributed by atoms with Crippen molar-refractivity contribution in [2.45, 2.75) is 39.0 Å². The van der Waals surface area contributed by atoms with Crippen molar-refractivity contribution in [2.24, 2.45) is 0 Å². The highest BCUT2D eigenvalue weighted by atomic mass is 35.5. The maximum atomic E-state index is 11.7. The number of carbonyl (C=O) groups is 2. The Kier molecular flexibility index (Phi) is 8.94. The second-order valence-corrected chi connectivity index (χ2v) is 5.97. The van der Waals surface area contributed by atoms with Crippen LogP contribution >= 0.6 is 23.2 Å². The SMILES string of the molecule is CC(=O)NCCCCCC(=O)NCCc1ccc(Cl)cc1Cl. The third-order valence-electron chi connectivity index (χ3n) is 3.19. The summed E-state index contributed by atoms with van der Waals surface area (Å²) >= 11 is 11.9. The van der Waals surface area contributed by atoms with Crippen LogP contribution in [-0.4, -0.2) is 24.9 Å². The number of unbranched alkanes of at least 4 members (excludes halogenated alkanes) is 2. The average Bonchev–Trinajstić information content (AvgIpc) is 2.44. The Morgan fingerprint density at radius 2 is 1.82 bits per heavy atom. The molecule has 0 bridgehead atoms. The molecule has 1 rings (SSSR count). The third-order valence-corrected chi connectivity index (χ3v) is 3.77. The summed E-state index contributed by atoms with van der Waals surface area (Å²) in [5.41, 5.74) is 0.974. The number of nitrogens with one attached hydrogen (secondary N) is 2. The fraction of sp³-hybridized carbons (Fsp3) is 0.500. The number of rotatable bonds is 9. The van der Waals surface area contributed by atoms with Crippen LogP contribution in [0.25, 0.3) is 0 Å². The highest BCUT2D eigenvalue weighted by Gasteiger charge is 2.04. The van der Waals surface area contributed by atoms with E-state index in [1.807, 2.05) is 6.07 Å². The van der Waals surface area contributed by atoms with Crippen molar-refractivity contribution in [3.05, 3.63) is 33.8 Å². The molecule has 0 aliphatic carbocycles. The molecule has 0 atom stereocenters. The minimum absolute atomic E-state index is 0.0152. The first-order chi connectivity index (χ1) is 10.5. The lowest BCUT2D eigenvalue weighted by molar-refractivity contribution is -0.121. The minimum Gasteiger partial charge on any atom is -0.356 e. The van der Waals surface area contributed by atoms with Gasteiger partial charge >= 0.3 is 0 Å². The highest BCUT2D eigenvalue weighted by molar-refractivity contribution is 6.35. The lowest BCUT2D eigenvalue weighted by atomic mass is 10.1. The van der Waals surface area contributed by atoms with Gasteiger partial charge in [-0.15, -0.1) is 0 Å². The summed E-state index contributed by atoms with van der Waals surface area (Å²) in [6.45, 7) is 2.73. The zero-order valence-electron chi connectivity index (χ0n) is 12.8. The molecule has 0 radical (unpaired) electrons. The van der Waals surface area contributed by atoms with Crippen molar-refractivity contribution in [1.29, 1.82) is 0 Å². The monoisotopic (exact) mass is 344 g/mol. The van der Waals surface area contributed by atoms with Gasteiger partial charge in [0.05, 0.1) is 0 Å². The van der Waals surface area contributed by atoms with E-state index in [0.717, 1.165) is 24.8 Å². The molecular weight excluding hydrogens is 323 g/mol. The van der Waals surface area contributed by atoms with Gasteiger partial charge in [-0.25, -0.2) is 0 Å². The summed E-state index contributed by atoms with van der Waals surface area (Å²) in [6, 6.07) is 5.37. The average molecular weight is 345 g/mol. The lowest BCUT2D eigenvalue weighted by Gasteiger charge is -2.07. The molecular formula is C16H22Cl2N2O2. The summed E-state index contributed by atoms with van der Waals surface area (Å²) in [5.74, 6) is 0.0308. The summed E-state index contributed by atoms with van der Waals surface area (Å²) in [6.07, 6.45) is 3.84. The van der Waals surface area contributed by atoms with Gasteiger partial charge in [0.1, 0.15) is 0 Å². The van der Waals surface area contributed by atoms with Crippen LogP contribution in [0.3, 0.4) is 0 Å². The molecule has 0 unspecified atom stereocenters. The zero-order chi connectivity index (χ0) is 16.4. The van der Waals surface area contributed by atoms with Gasteiger partial charge in [0.2, 0.25) is 11.8 Å². The number of benzene rings is 1. The van der Waals surface area contributed by atoms with Gasteiger partial charge in [-0.1, -0.05) is 35.7 Å². The first kappa shape index (κ1) is 18.8. The van der Waals surface area contributed by atoms with Gasteiger partial charge in [-0.3, -0.25) is 9.59 Å². The van der Waals surface area contributed by atoms with Crippen LogP contribution in [-0.2, 0) is 16.0 Å². The molecule has 0 saturated carbocycles. The zero-order valence-corrected chi connectivity index (χ0v) is 14.3. The quantitative estimate of drug-likeness (QED) is 0.675. The number of halogens is 2. The predicted molar refractivity (Wildman–Crippen MR) is 90.3 cm³/mol. The normalized spacial score (nSPS) is 10.3. The van der Waals surface area contributed by atoms with Gasteiger partial charge in [-0.05, 0) is 37.0 Å². The Morgan fingerprint density at radius 1 is 1.05 bits per heavy atom. The van der Waals surface area contributed by atoms with Crippen LogP contribution in [0.2, 0.25) is 10.0 Å². The molecule has 6 heteroatoms. The molecule has 122 valence electrons. The fourth-order valence-corrected chi connectivity index (χ4v) is 2.50.